The predicted octanol–water partition coefficient (Wildman–Crippen LogP) is 2.06. The number of nitrogens with zero attached hydrogens (tertiary/aromatic N) is 1. The molecule has 0 aromatic rings. The monoisotopic (exact) mass is 151 g/mol. The molecule has 0 bridgehead atoms. The zero-order valence-electron chi connectivity index (χ0n) is 3.88. The summed E-state index contributed by atoms with van der Waals surface area (Å²) in [5.74, 6) is 0.727. The molecule has 0 amide bonds. The molecule has 1 nitrogen and oxygen atoms in total. The Hall–Kier alpha value is 0.500. The quantitative estimate of drug-likeness (QED) is 0.265. The summed E-state index contributed by atoms with van der Waals surface area (Å²) in [6.45, 7) is 0. The molecule has 0 aromatic carbocycles. The highest BCUT2D eigenvalue weighted by atomic mass is 33.1. The van der Waals surface area contributed by atoms with E-state index in [1.54, 1.807) is 21.6 Å². The fourth-order valence-electron chi connectivity index (χ4n) is 0.105. The molecule has 0 N–H and O–H groups in total. The lowest BCUT2D eigenvalue weighted by Gasteiger charge is -1.81. The smallest absolute Gasteiger partial charge is 0.105 e. The van der Waals surface area contributed by atoms with Gasteiger partial charge in [-0.2, -0.15) is 0 Å². The minimum atomic E-state index is 0.727. The molecule has 0 fully saturated rings. The van der Waals surface area contributed by atoms with Crippen molar-refractivity contribution < 1.29 is 0 Å². The highest BCUT2D eigenvalue weighted by Crippen LogP contribution is 2.15. The molecular weight excluding hydrogens is 146 g/mol. The molecule has 0 aliphatic rings. The zero-order valence-corrected chi connectivity index (χ0v) is 6.33. The Morgan fingerprint density at radius 1 is 1.86 bits per heavy atom. The van der Waals surface area contributed by atoms with Gasteiger partial charge in [0.15, 0.2) is 0 Å². The molecule has 0 aliphatic heterocycles. The first kappa shape index (κ1) is 7.50. The van der Waals surface area contributed by atoms with Gasteiger partial charge < -0.3 is 0 Å². The van der Waals surface area contributed by atoms with Crippen LogP contribution in [0.2, 0.25) is 0 Å². The second kappa shape index (κ2) is 6.50. The third kappa shape index (κ3) is 6.50. The van der Waals surface area contributed by atoms with Gasteiger partial charge >= 0.3 is 0 Å². The van der Waals surface area contributed by atoms with Gasteiger partial charge in [0.05, 0.1) is 5.16 Å². The van der Waals surface area contributed by atoms with Crippen LogP contribution in [0.25, 0.3) is 0 Å². The Balaban J connectivity index is 2.83. The Labute approximate surface area is 56.4 Å². The summed E-state index contributed by atoms with van der Waals surface area (Å²) in [5.41, 5.74) is 0. The van der Waals surface area contributed by atoms with Gasteiger partial charge in [0, 0.05) is 0 Å². The van der Waals surface area contributed by atoms with Gasteiger partial charge in [-0.05, 0) is 18.5 Å². The van der Waals surface area contributed by atoms with Crippen molar-refractivity contribution in [3.8, 4) is 0 Å². The summed E-state index contributed by atoms with van der Waals surface area (Å²) in [5, 5.41) is 2.28. The molecule has 0 spiro atoms. The van der Waals surface area contributed by atoms with Gasteiger partial charge in [0.25, 0.3) is 0 Å². The van der Waals surface area contributed by atoms with Crippen molar-refractivity contribution in [2.24, 2.45) is 4.99 Å². The molecular formula is C3H5NS3. The summed E-state index contributed by atoms with van der Waals surface area (Å²) in [6, 6.07) is 0. The summed E-state index contributed by atoms with van der Waals surface area (Å²) in [4.78, 5) is 3.67. The number of thiocarbonyl (C=S) groups is 1. The number of aliphatic imine (C=N–C) groups is 1. The van der Waals surface area contributed by atoms with Crippen LogP contribution < -0.4 is 0 Å². The lowest BCUT2D eigenvalue weighted by molar-refractivity contribution is 1.42. The van der Waals surface area contributed by atoms with Crippen molar-refractivity contribution in [2.75, 3.05) is 12.1 Å². The van der Waals surface area contributed by atoms with Crippen molar-refractivity contribution in [1.82, 2.24) is 0 Å². The van der Waals surface area contributed by atoms with Crippen LogP contribution in [0, 0.1) is 0 Å². The average molecular weight is 151 g/mol. The van der Waals surface area contributed by atoms with Crippen LogP contribution in [0.5, 0.6) is 0 Å². The first-order valence-corrected chi connectivity index (χ1v) is 4.74. The van der Waals surface area contributed by atoms with Crippen LogP contribution in [-0.2, 0) is 0 Å². The molecule has 0 atom stereocenters. The molecule has 7 heavy (non-hydrogen) atoms. The number of hydrogen-bond donors (Lipinski definition) is 0. The Kier molecular flexibility index (Phi) is 6.96. The van der Waals surface area contributed by atoms with E-state index >= 15 is 0 Å². The van der Waals surface area contributed by atoms with Crippen molar-refractivity contribution in [1.29, 1.82) is 0 Å². The first-order valence-electron chi connectivity index (χ1n) is 1.61. The maximum Gasteiger partial charge on any atom is 0.105 e. The summed E-state index contributed by atoms with van der Waals surface area (Å²) < 4.78 is 0. The zero-order chi connectivity index (χ0) is 5.54. The van der Waals surface area contributed by atoms with E-state index < -0.39 is 0 Å². The third-order valence-electron chi connectivity index (χ3n) is 0.300. The van der Waals surface area contributed by atoms with Crippen molar-refractivity contribution >= 4 is 39.0 Å². The summed E-state index contributed by atoms with van der Waals surface area (Å²) in [7, 11) is 3.33. The number of isothiocyanates is 1. The maximum atomic E-state index is 4.33. The van der Waals surface area contributed by atoms with Crippen LogP contribution in [0.1, 0.15) is 0 Å². The minimum absolute atomic E-state index is 0.727. The molecule has 0 saturated carbocycles. The molecule has 0 aromatic heterocycles. The van der Waals surface area contributed by atoms with E-state index in [1.807, 2.05) is 6.26 Å². The lowest BCUT2D eigenvalue weighted by Crippen LogP contribution is -1.59. The molecule has 0 saturated heterocycles. The Bertz CT molecular complexity index is 76.2. The lowest BCUT2D eigenvalue weighted by atomic mass is 11.4. The Morgan fingerprint density at radius 3 is 3.00 bits per heavy atom. The second-order valence-electron chi connectivity index (χ2n) is 0.663. The van der Waals surface area contributed by atoms with E-state index in [0.717, 1.165) is 5.88 Å². The third-order valence-corrected chi connectivity index (χ3v) is 1.92. The first-order chi connectivity index (χ1) is 3.41. The van der Waals surface area contributed by atoms with Crippen LogP contribution >= 0.6 is 33.8 Å². The van der Waals surface area contributed by atoms with Crippen molar-refractivity contribution in [3.05, 3.63) is 0 Å². The largest absolute Gasteiger partial charge is 0.221 e. The minimum Gasteiger partial charge on any atom is -0.221 e. The van der Waals surface area contributed by atoms with Crippen LogP contribution in [0.4, 0.5) is 0 Å². The molecule has 0 heterocycles. The molecule has 0 radical (unpaired) electrons. The fraction of sp³-hybridized carbons (Fsp3) is 0.667. The van der Waals surface area contributed by atoms with Gasteiger partial charge in [-0.25, -0.2) is 4.99 Å². The van der Waals surface area contributed by atoms with Crippen LogP contribution in [0.3, 0.4) is 0 Å². The molecule has 40 valence electrons. The van der Waals surface area contributed by atoms with Gasteiger partial charge in [0.2, 0.25) is 0 Å². The topological polar surface area (TPSA) is 12.4 Å². The summed E-state index contributed by atoms with van der Waals surface area (Å²) in [6.07, 6.45) is 2.00. The normalized spacial score (nSPS) is 7.57. The predicted molar refractivity (Wildman–Crippen MR) is 41.0 cm³/mol. The van der Waals surface area contributed by atoms with Gasteiger partial charge in [-0.1, -0.05) is 21.6 Å². The SMILES string of the molecule is CSSCN=C=S. The average Bonchev–Trinajstić information content (AvgIpc) is 1.69. The Morgan fingerprint density at radius 2 is 2.57 bits per heavy atom. The maximum absolute atomic E-state index is 4.33. The van der Waals surface area contributed by atoms with E-state index in [9.17, 15) is 0 Å². The van der Waals surface area contributed by atoms with Gasteiger partial charge in [-0.3, -0.25) is 0 Å². The van der Waals surface area contributed by atoms with E-state index in [0.29, 0.717) is 0 Å². The summed E-state index contributed by atoms with van der Waals surface area (Å²) >= 11 is 4.33. The van der Waals surface area contributed by atoms with Gasteiger partial charge in [0.1, 0.15) is 5.88 Å². The van der Waals surface area contributed by atoms with E-state index in [-0.39, 0.29) is 0 Å². The molecule has 0 unspecified atom stereocenters. The number of hydrogen-bond acceptors (Lipinski definition) is 4. The van der Waals surface area contributed by atoms with Gasteiger partial charge in [-0.15, -0.1) is 0 Å². The number of rotatable bonds is 3. The molecule has 0 aliphatic carbocycles. The molecule has 4 heteroatoms. The fourth-order valence-corrected chi connectivity index (χ4v) is 0.949. The highest BCUT2D eigenvalue weighted by molar-refractivity contribution is 8.76. The van der Waals surface area contributed by atoms with Crippen molar-refractivity contribution in [2.45, 2.75) is 0 Å². The standard InChI is InChI=1S/C3H5NS3/c1-6-7-3-4-2-5/h3H2,1H3. The highest BCUT2D eigenvalue weighted by Gasteiger charge is 1.73. The van der Waals surface area contributed by atoms with Crippen molar-refractivity contribution in [3.63, 3.8) is 0 Å². The molecule has 0 rings (SSSR count). The van der Waals surface area contributed by atoms with E-state index in [2.05, 4.69) is 22.4 Å². The van der Waals surface area contributed by atoms with E-state index in [1.165, 1.54) is 0 Å². The van der Waals surface area contributed by atoms with E-state index in [4.69, 9.17) is 0 Å². The van der Waals surface area contributed by atoms with Crippen LogP contribution in [-0.4, -0.2) is 17.3 Å². The second-order valence-corrected chi connectivity index (χ2v) is 3.38. The van der Waals surface area contributed by atoms with Crippen LogP contribution in [0.15, 0.2) is 4.99 Å².